The van der Waals surface area contributed by atoms with E-state index >= 15 is 0 Å². The Hall–Kier alpha value is -1.14. The normalized spacial score (nSPS) is 30.7. The SMILES string of the molecule is CN1CC(=O)N2CCN(C3CCOCC3)C[C@H]2C1=O. The van der Waals surface area contributed by atoms with Crippen molar-refractivity contribution >= 4 is 11.8 Å². The largest absolute Gasteiger partial charge is 0.381 e. The van der Waals surface area contributed by atoms with Crippen molar-refractivity contribution in [2.75, 3.05) is 46.4 Å². The summed E-state index contributed by atoms with van der Waals surface area (Å²) in [6.45, 7) is 4.08. The number of ether oxygens (including phenoxy) is 1. The summed E-state index contributed by atoms with van der Waals surface area (Å²) in [5.41, 5.74) is 0. The summed E-state index contributed by atoms with van der Waals surface area (Å²) in [7, 11) is 1.71. The molecule has 0 aromatic rings. The van der Waals surface area contributed by atoms with Crippen LogP contribution in [0.25, 0.3) is 0 Å². The van der Waals surface area contributed by atoms with Crippen LogP contribution in [0.4, 0.5) is 0 Å². The fourth-order valence-electron chi connectivity index (χ4n) is 3.32. The Kier molecular flexibility index (Phi) is 3.45. The van der Waals surface area contributed by atoms with Gasteiger partial charge in [0.15, 0.2) is 0 Å². The highest BCUT2D eigenvalue weighted by atomic mass is 16.5. The van der Waals surface area contributed by atoms with Crippen LogP contribution in [0.2, 0.25) is 0 Å². The maximum atomic E-state index is 12.2. The van der Waals surface area contributed by atoms with Crippen molar-refractivity contribution in [1.82, 2.24) is 14.7 Å². The number of hydrogen-bond donors (Lipinski definition) is 0. The third-order valence-corrected chi connectivity index (χ3v) is 4.47. The molecule has 6 heteroatoms. The van der Waals surface area contributed by atoms with Gasteiger partial charge in [-0.3, -0.25) is 14.5 Å². The Bertz CT molecular complexity index is 381. The molecule has 0 aliphatic carbocycles. The zero-order chi connectivity index (χ0) is 13.4. The van der Waals surface area contributed by atoms with Crippen LogP contribution in [0.3, 0.4) is 0 Å². The van der Waals surface area contributed by atoms with E-state index in [2.05, 4.69) is 4.90 Å². The monoisotopic (exact) mass is 267 g/mol. The quantitative estimate of drug-likeness (QED) is 0.621. The fraction of sp³-hybridized carbons (Fsp3) is 0.846. The maximum absolute atomic E-state index is 12.2. The molecule has 0 saturated carbocycles. The van der Waals surface area contributed by atoms with Crippen LogP contribution < -0.4 is 0 Å². The zero-order valence-electron chi connectivity index (χ0n) is 11.4. The van der Waals surface area contributed by atoms with Gasteiger partial charge in [0.25, 0.3) is 0 Å². The molecule has 106 valence electrons. The first kappa shape index (κ1) is 12.9. The molecule has 0 aromatic heterocycles. The first-order valence-electron chi connectivity index (χ1n) is 7.03. The number of likely N-dealkylation sites (N-methyl/N-ethyl adjacent to an activating group) is 1. The van der Waals surface area contributed by atoms with Gasteiger partial charge in [0.1, 0.15) is 6.04 Å². The number of rotatable bonds is 1. The Morgan fingerprint density at radius 2 is 1.89 bits per heavy atom. The van der Waals surface area contributed by atoms with Gasteiger partial charge in [0.2, 0.25) is 11.8 Å². The molecule has 3 saturated heterocycles. The Morgan fingerprint density at radius 3 is 2.63 bits per heavy atom. The molecule has 19 heavy (non-hydrogen) atoms. The van der Waals surface area contributed by atoms with Crippen molar-refractivity contribution < 1.29 is 14.3 Å². The number of carbonyl (C=O) groups excluding carboxylic acids is 2. The van der Waals surface area contributed by atoms with Crippen LogP contribution in [0.1, 0.15) is 12.8 Å². The summed E-state index contributed by atoms with van der Waals surface area (Å²) in [5.74, 6) is 0.162. The average molecular weight is 267 g/mol. The van der Waals surface area contributed by atoms with E-state index in [0.717, 1.165) is 32.6 Å². The first-order chi connectivity index (χ1) is 9.16. The Balaban J connectivity index is 1.70. The Labute approximate surface area is 113 Å². The number of hydrogen-bond acceptors (Lipinski definition) is 4. The molecule has 0 unspecified atom stereocenters. The van der Waals surface area contributed by atoms with Gasteiger partial charge < -0.3 is 14.5 Å². The summed E-state index contributed by atoms with van der Waals surface area (Å²) in [6.07, 6.45) is 2.06. The molecule has 3 aliphatic rings. The molecule has 2 amide bonds. The topological polar surface area (TPSA) is 53.1 Å². The average Bonchev–Trinajstić information content (AvgIpc) is 2.45. The lowest BCUT2D eigenvalue weighted by molar-refractivity contribution is -0.159. The van der Waals surface area contributed by atoms with Gasteiger partial charge in [-0.15, -0.1) is 0 Å². The number of piperazine rings is 2. The first-order valence-corrected chi connectivity index (χ1v) is 7.03. The van der Waals surface area contributed by atoms with E-state index in [-0.39, 0.29) is 24.4 Å². The van der Waals surface area contributed by atoms with Gasteiger partial charge in [-0.05, 0) is 12.8 Å². The molecule has 3 rings (SSSR count). The van der Waals surface area contributed by atoms with E-state index in [0.29, 0.717) is 19.1 Å². The van der Waals surface area contributed by atoms with Crippen LogP contribution in [0, 0.1) is 0 Å². The smallest absolute Gasteiger partial charge is 0.246 e. The van der Waals surface area contributed by atoms with Crippen molar-refractivity contribution in [2.24, 2.45) is 0 Å². The van der Waals surface area contributed by atoms with Crippen LogP contribution in [0.15, 0.2) is 0 Å². The molecule has 0 radical (unpaired) electrons. The number of fused-ring (bicyclic) bond motifs is 1. The van der Waals surface area contributed by atoms with E-state index in [1.807, 2.05) is 0 Å². The molecule has 3 fully saturated rings. The van der Waals surface area contributed by atoms with Crippen LogP contribution >= 0.6 is 0 Å². The summed E-state index contributed by atoms with van der Waals surface area (Å²) >= 11 is 0. The van der Waals surface area contributed by atoms with Crippen molar-refractivity contribution in [3.8, 4) is 0 Å². The molecule has 3 heterocycles. The lowest BCUT2D eigenvalue weighted by atomic mass is 10.0. The van der Waals surface area contributed by atoms with Crippen LogP contribution in [-0.2, 0) is 14.3 Å². The van der Waals surface area contributed by atoms with Crippen molar-refractivity contribution in [2.45, 2.75) is 24.9 Å². The number of carbonyl (C=O) groups is 2. The predicted molar refractivity (Wildman–Crippen MR) is 68.6 cm³/mol. The van der Waals surface area contributed by atoms with Gasteiger partial charge in [0.05, 0.1) is 6.54 Å². The number of nitrogens with zero attached hydrogens (tertiary/aromatic N) is 3. The van der Waals surface area contributed by atoms with Crippen molar-refractivity contribution in [1.29, 1.82) is 0 Å². The molecule has 0 N–H and O–H groups in total. The van der Waals surface area contributed by atoms with E-state index in [1.54, 1.807) is 16.8 Å². The second-order valence-electron chi connectivity index (χ2n) is 5.64. The molecule has 6 nitrogen and oxygen atoms in total. The third-order valence-electron chi connectivity index (χ3n) is 4.47. The highest BCUT2D eigenvalue weighted by Gasteiger charge is 2.42. The molecule has 1 atom stereocenters. The van der Waals surface area contributed by atoms with E-state index in [4.69, 9.17) is 4.74 Å². The zero-order valence-corrected chi connectivity index (χ0v) is 11.4. The van der Waals surface area contributed by atoms with Gasteiger partial charge >= 0.3 is 0 Å². The van der Waals surface area contributed by atoms with Crippen LogP contribution in [-0.4, -0.2) is 85.0 Å². The molecule has 0 aromatic carbocycles. The molecule has 3 aliphatic heterocycles. The molecular formula is C13H21N3O3. The minimum Gasteiger partial charge on any atom is -0.381 e. The van der Waals surface area contributed by atoms with Crippen molar-refractivity contribution in [3.63, 3.8) is 0 Å². The molecular weight excluding hydrogens is 246 g/mol. The lowest BCUT2D eigenvalue weighted by Crippen LogP contribution is -2.67. The van der Waals surface area contributed by atoms with E-state index in [1.165, 1.54) is 0 Å². The fourth-order valence-corrected chi connectivity index (χ4v) is 3.32. The maximum Gasteiger partial charge on any atom is 0.246 e. The minimum atomic E-state index is -0.275. The summed E-state index contributed by atoms with van der Waals surface area (Å²) < 4.78 is 5.39. The highest BCUT2D eigenvalue weighted by Crippen LogP contribution is 2.22. The summed E-state index contributed by atoms with van der Waals surface area (Å²) in [5, 5.41) is 0. The third kappa shape index (κ3) is 2.34. The van der Waals surface area contributed by atoms with Gasteiger partial charge in [-0.25, -0.2) is 0 Å². The second-order valence-corrected chi connectivity index (χ2v) is 5.64. The predicted octanol–water partition coefficient (Wildman–Crippen LogP) is -0.850. The number of amides is 2. The molecule has 0 spiro atoms. The minimum absolute atomic E-state index is 0.0800. The van der Waals surface area contributed by atoms with E-state index < -0.39 is 0 Å². The Morgan fingerprint density at radius 1 is 1.16 bits per heavy atom. The summed E-state index contributed by atoms with van der Waals surface area (Å²) in [6, 6.07) is 0.230. The van der Waals surface area contributed by atoms with Gasteiger partial charge in [-0.2, -0.15) is 0 Å². The lowest BCUT2D eigenvalue weighted by Gasteiger charge is -2.47. The second kappa shape index (κ2) is 5.09. The highest BCUT2D eigenvalue weighted by molar-refractivity contribution is 5.95. The van der Waals surface area contributed by atoms with E-state index in [9.17, 15) is 9.59 Å². The van der Waals surface area contributed by atoms with Crippen molar-refractivity contribution in [3.05, 3.63) is 0 Å². The van der Waals surface area contributed by atoms with Gasteiger partial charge in [0, 0.05) is 45.9 Å². The van der Waals surface area contributed by atoms with Gasteiger partial charge in [-0.1, -0.05) is 0 Å². The summed E-state index contributed by atoms with van der Waals surface area (Å²) in [4.78, 5) is 29.9. The van der Waals surface area contributed by atoms with Crippen LogP contribution in [0.5, 0.6) is 0 Å². The standard InChI is InChI=1S/C13H21N3O3/c1-14-9-12(17)16-5-4-15(8-11(16)13(14)18)10-2-6-19-7-3-10/h10-11H,2-9H2,1H3/t11-/m0/s1. The molecule has 0 bridgehead atoms.